The van der Waals surface area contributed by atoms with E-state index in [1.807, 2.05) is 24.4 Å². The summed E-state index contributed by atoms with van der Waals surface area (Å²) in [5.74, 6) is 1.44. The van der Waals surface area contributed by atoms with E-state index in [1.54, 1.807) is 23.3 Å². The van der Waals surface area contributed by atoms with Crippen LogP contribution in [0.3, 0.4) is 0 Å². The van der Waals surface area contributed by atoms with E-state index in [-0.39, 0.29) is 11.9 Å². The molecule has 0 N–H and O–H groups in total. The van der Waals surface area contributed by atoms with E-state index in [0.29, 0.717) is 24.7 Å². The number of rotatable bonds is 9. The Balaban J connectivity index is 1.37. The maximum Gasteiger partial charge on any atom is 0.239 e. The van der Waals surface area contributed by atoms with Crippen LogP contribution >= 0.6 is 11.3 Å². The number of piperazine rings is 1. The summed E-state index contributed by atoms with van der Waals surface area (Å²) in [6.07, 6.45) is 2.12. The van der Waals surface area contributed by atoms with Crippen molar-refractivity contribution >= 4 is 17.2 Å². The lowest BCUT2D eigenvalue weighted by Crippen LogP contribution is -2.54. The van der Waals surface area contributed by atoms with Gasteiger partial charge in [0.2, 0.25) is 17.6 Å². The summed E-state index contributed by atoms with van der Waals surface area (Å²) in [5.41, 5.74) is 0. The lowest BCUT2D eigenvalue weighted by molar-refractivity contribution is -0.135. The number of carbonyl (C=O) groups excluding carboxylic acids is 1. The number of nitrogens with zero attached hydrogens (tertiary/aromatic N) is 6. The Hall–Kier alpha value is -2.28. The molecule has 29 heavy (non-hydrogen) atoms. The molecule has 0 saturated carbocycles. The van der Waals surface area contributed by atoms with E-state index in [4.69, 9.17) is 9.78 Å². The molecule has 3 rings (SSSR count). The van der Waals surface area contributed by atoms with Crippen molar-refractivity contribution in [3.05, 3.63) is 23.4 Å². The highest BCUT2D eigenvalue weighted by Crippen LogP contribution is 2.21. The van der Waals surface area contributed by atoms with Crippen LogP contribution in [0.1, 0.15) is 25.7 Å². The minimum atomic E-state index is -0.144. The molecule has 1 atom stereocenters. The van der Waals surface area contributed by atoms with E-state index in [1.165, 1.54) is 0 Å². The fraction of sp³-hybridized carbons (Fsp3) is 0.600. The van der Waals surface area contributed by atoms with E-state index in [2.05, 4.69) is 26.0 Å². The zero-order chi connectivity index (χ0) is 20.6. The second-order valence-corrected chi connectivity index (χ2v) is 8.26. The van der Waals surface area contributed by atoms with Gasteiger partial charge in [-0.05, 0) is 31.3 Å². The molecule has 2 aromatic rings. The molecule has 0 radical (unpaired) electrons. The molecule has 8 nitrogen and oxygen atoms in total. The van der Waals surface area contributed by atoms with E-state index in [9.17, 15) is 4.79 Å². The molecular formula is C20H28N6O2S. The van der Waals surface area contributed by atoms with Crippen molar-refractivity contribution < 1.29 is 9.32 Å². The fourth-order valence-electron chi connectivity index (χ4n) is 3.49. The summed E-state index contributed by atoms with van der Waals surface area (Å²) in [6.45, 7) is 7.08. The highest BCUT2D eigenvalue weighted by Gasteiger charge is 2.27. The molecule has 1 aliphatic rings. The molecule has 1 fully saturated rings. The van der Waals surface area contributed by atoms with E-state index < -0.39 is 0 Å². The van der Waals surface area contributed by atoms with E-state index in [0.717, 1.165) is 50.4 Å². The Morgan fingerprint density at radius 3 is 2.90 bits per heavy atom. The number of aromatic nitrogens is 2. The van der Waals surface area contributed by atoms with Gasteiger partial charge < -0.3 is 14.3 Å². The summed E-state index contributed by atoms with van der Waals surface area (Å²) in [4.78, 5) is 24.3. The monoisotopic (exact) mass is 416 g/mol. The third-order valence-electron chi connectivity index (χ3n) is 5.32. The van der Waals surface area contributed by atoms with Crippen LogP contribution in [0.15, 0.2) is 22.0 Å². The Bertz CT molecular complexity index is 807. The lowest BCUT2D eigenvalue weighted by Gasteiger charge is -2.38. The van der Waals surface area contributed by atoms with Crippen LogP contribution in [-0.2, 0) is 11.2 Å². The second-order valence-electron chi connectivity index (χ2n) is 7.31. The molecule has 0 aliphatic carbocycles. The Kier molecular flexibility index (Phi) is 7.75. The van der Waals surface area contributed by atoms with Crippen molar-refractivity contribution in [2.24, 2.45) is 0 Å². The average Bonchev–Trinajstić information content (AvgIpc) is 3.43. The summed E-state index contributed by atoms with van der Waals surface area (Å²) in [6, 6.07) is 5.92. The van der Waals surface area contributed by atoms with Gasteiger partial charge in [0.15, 0.2) is 0 Å². The minimum Gasteiger partial charge on any atom is -0.343 e. The van der Waals surface area contributed by atoms with Crippen molar-refractivity contribution in [2.75, 3.05) is 46.3 Å². The van der Waals surface area contributed by atoms with Crippen molar-refractivity contribution in [3.8, 4) is 16.8 Å². The largest absolute Gasteiger partial charge is 0.343 e. The Morgan fingerprint density at radius 2 is 2.21 bits per heavy atom. The average molecular weight is 417 g/mol. The number of likely N-dealkylation sites (N-methyl/N-ethyl adjacent to an activating group) is 1. The second kappa shape index (κ2) is 10.5. The number of hydrogen-bond donors (Lipinski definition) is 0. The van der Waals surface area contributed by atoms with Crippen LogP contribution in [-0.4, -0.2) is 83.1 Å². The molecule has 1 saturated heterocycles. The quantitative estimate of drug-likeness (QED) is 0.618. The van der Waals surface area contributed by atoms with Crippen molar-refractivity contribution in [3.63, 3.8) is 0 Å². The van der Waals surface area contributed by atoms with Gasteiger partial charge in [0.05, 0.1) is 23.4 Å². The number of aryl methyl sites for hydroxylation is 1. The highest BCUT2D eigenvalue weighted by molar-refractivity contribution is 7.13. The molecule has 0 bridgehead atoms. The third kappa shape index (κ3) is 5.85. The predicted octanol–water partition coefficient (Wildman–Crippen LogP) is 2.11. The number of carbonyl (C=O) groups is 1. The third-order valence-corrected chi connectivity index (χ3v) is 6.19. The fourth-order valence-corrected chi connectivity index (χ4v) is 4.14. The first-order valence-electron chi connectivity index (χ1n) is 10.0. The van der Waals surface area contributed by atoms with Crippen LogP contribution in [0.2, 0.25) is 0 Å². The van der Waals surface area contributed by atoms with Crippen molar-refractivity contribution in [1.29, 1.82) is 5.26 Å². The van der Waals surface area contributed by atoms with E-state index >= 15 is 0 Å². The molecule has 1 amide bonds. The van der Waals surface area contributed by atoms with Crippen LogP contribution in [0.25, 0.3) is 10.7 Å². The molecular weight excluding hydrogens is 388 g/mol. The smallest absolute Gasteiger partial charge is 0.239 e. The standard InChI is InChI=1S/C20H28N6O2S/c1-16(20(27)24(2)9-5-8-21)26-13-11-25(12-14-26)10-3-7-18-22-19(23-28-18)17-6-4-15-29-17/h4,6,15-16H,3,5,7,9-14H2,1-2H3. The van der Waals surface area contributed by atoms with Gasteiger partial charge >= 0.3 is 0 Å². The molecule has 0 aromatic carbocycles. The number of nitriles is 1. The van der Waals surface area contributed by atoms with Gasteiger partial charge in [0, 0.05) is 46.2 Å². The molecule has 9 heteroatoms. The molecule has 1 aliphatic heterocycles. The van der Waals surface area contributed by atoms with Crippen LogP contribution in [0.4, 0.5) is 0 Å². The zero-order valence-corrected chi connectivity index (χ0v) is 17.9. The van der Waals surface area contributed by atoms with Gasteiger partial charge in [-0.3, -0.25) is 9.69 Å². The minimum absolute atomic E-state index is 0.0895. The lowest BCUT2D eigenvalue weighted by atomic mass is 10.2. The summed E-state index contributed by atoms with van der Waals surface area (Å²) in [5, 5.41) is 14.7. The number of thiophene rings is 1. The molecule has 1 unspecified atom stereocenters. The van der Waals surface area contributed by atoms with Gasteiger partial charge in [-0.15, -0.1) is 11.3 Å². The predicted molar refractivity (Wildman–Crippen MR) is 111 cm³/mol. The topological polar surface area (TPSA) is 89.5 Å². The molecule has 3 heterocycles. The van der Waals surface area contributed by atoms with Gasteiger partial charge in [0.1, 0.15) is 0 Å². The Labute approximate surface area is 175 Å². The summed E-state index contributed by atoms with van der Waals surface area (Å²) < 4.78 is 5.36. The first-order valence-corrected chi connectivity index (χ1v) is 10.9. The van der Waals surface area contributed by atoms with Crippen LogP contribution in [0, 0.1) is 11.3 Å². The van der Waals surface area contributed by atoms with Crippen LogP contribution < -0.4 is 0 Å². The number of amides is 1. The van der Waals surface area contributed by atoms with Crippen molar-refractivity contribution in [2.45, 2.75) is 32.2 Å². The Morgan fingerprint density at radius 1 is 1.41 bits per heavy atom. The highest BCUT2D eigenvalue weighted by atomic mass is 32.1. The maximum absolute atomic E-state index is 12.5. The maximum atomic E-state index is 12.5. The molecule has 0 spiro atoms. The van der Waals surface area contributed by atoms with Gasteiger partial charge in [-0.2, -0.15) is 10.2 Å². The SMILES string of the molecule is CC(C(=O)N(C)CCC#N)N1CCN(CCCc2nc(-c3cccs3)no2)CC1. The summed E-state index contributed by atoms with van der Waals surface area (Å²) >= 11 is 1.61. The van der Waals surface area contributed by atoms with Crippen molar-refractivity contribution in [1.82, 2.24) is 24.8 Å². The molecule has 2 aromatic heterocycles. The van der Waals surface area contributed by atoms with Gasteiger partial charge in [-0.25, -0.2) is 0 Å². The summed E-state index contributed by atoms with van der Waals surface area (Å²) in [7, 11) is 1.77. The van der Waals surface area contributed by atoms with Crippen LogP contribution in [0.5, 0.6) is 0 Å². The zero-order valence-electron chi connectivity index (χ0n) is 17.1. The molecule has 156 valence electrons. The first-order chi connectivity index (χ1) is 14.1. The van der Waals surface area contributed by atoms with Gasteiger partial charge in [-0.1, -0.05) is 11.2 Å². The number of hydrogen-bond acceptors (Lipinski definition) is 8. The normalized spacial score (nSPS) is 16.4. The van der Waals surface area contributed by atoms with Gasteiger partial charge in [0.25, 0.3) is 0 Å². The first kappa shape index (κ1) is 21.4.